The summed E-state index contributed by atoms with van der Waals surface area (Å²) in [6.07, 6.45) is 3.38. The number of carbonyl (C=O) groups excluding carboxylic acids is 1. The molecule has 0 spiro atoms. The van der Waals surface area contributed by atoms with Crippen molar-refractivity contribution in [1.82, 2.24) is 9.88 Å². The van der Waals surface area contributed by atoms with Gasteiger partial charge in [-0.2, -0.15) is 0 Å². The summed E-state index contributed by atoms with van der Waals surface area (Å²) in [6, 6.07) is 1.54. The van der Waals surface area contributed by atoms with Gasteiger partial charge in [-0.15, -0.1) is 0 Å². The molecule has 1 amide bonds. The number of hydrogen-bond donors (Lipinski definition) is 0. The molecule has 1 fully saturated rings. The second-order valence-electron chi connectivity index (χ2n) is 4.15. The molecular formula is C11H13ClN2O3S. The second kappa shape index (κ2) is 5.24. The molecule has 1 saturated heterocycles. The lowest BCUT2D eigenvalue weighted by atomic mass is 10.2. The molecule has 1 aliphatic heterocycles. The fourth-order valence-electron chi connectivity index (χ4n) is 1.85. The van der Waals surface area contributed by atoms with Crippen molar-refractivity contribution >= 4 is 27.3 Å². The van der Waals surface area contributed by atoms with E-state index in [2.05, 4.69) is 4.98 Å². The Kier molecular flexibility index (Phi) is 3.87. The van der Waals surface area contributed by atoms with Gasteiger partial charge in [-0.25, -0.2) is 8.42 Å². The summed E-state index contributed by atoms with van der Waals surface area (Å²) in [5.74, 6) is -0.112. The normalized spacial score (nSPS) is 19.3. The smallest absolute Gasteiger partial charge is 0.256 e. The monoisotopic (exact) mass is 288 g/mol. The minimum atomic E-state index is -3.02. The summed E-state index contributed by atoms with van der Waals surface area (Å²) in [6.45, 7) is 0.648. The van der Waals surface area contributed by atoms with E-state index in [4.69, 9.17) is 11.6 Å². The quantitative estimate of drug-likeness (QED) is 0.773. The lowest BCUT2D eigenvalue weighted by molar-refractivity contribution is 0.0768. The van der Waals surface area contributed by atoms with Gasteiger partial charge in [0, 0.05) is 25.5 Å². The number of aromatic nitrogens is 1. The van der Waals surface area contributed by atoms with Gasteiger partial charge >= 0.3 is 0 Å². The van der Waals surface area contributed by atoms with Crippen molar-refractivity contribution in [2.24, 2.45) is 0 Å². The summed E-state index contributed by atoms with van der Waals surface area (Å²) in [5, 5.41) is 0.335. The molecule has 2 rings (SSSR count). The van der Waals surface area contributed by atoms with E-state index >= 15 is 0 Å². The van der Waals surface area contributed by atoms with Crippen molar-refractivity contribution in [3.05, 3.63) is 29.0 Å². The molecule has 0 unspecified atom stereocenters. The van der Waals surface area contributed by atoms with Crippen LogP contribution >= 0.6 is 11.6 Å². The van der Waals surface area contributed by atoms with Gasteiger partial charge in [-0.3, -0.25) is 9.78 Å². The van der Waals surface area contributed by atoms with Gasteiger partial charge in [0.05, 0.1) is 22.1 Å². The van der Waals surface area contributed by atoms with Crippen molar-refractivity contribution in [3.8, 4) is 0 Å². The first-order valence-corrected chi connectivity index (χ1v) is 7.79. The van der Waals surface area contributed by atoms with Crippen LogP contribution in [0.1, 0.15) is 16.8 Å². The molecule has 0 atom stereocenters. The van der Waals surface area contributed by atoms with Crippen LogP contribution in [0.2, 0.25) is 5.02 Å². The van der Waals surface area contributed by atoms with Crippen molar-refractivity contribution in [3.63, 3.8) is 0 Å². The maximum Gasteiger partial charge on any atom is 0.256 e. The zero-order valence-electron chi connectivity index (χ0n) is 9.67. The predicted molar refractivity (Wildman–Crippen MR) is 68.4 cm³/mol. The van der Waals surface area contributed by atoms with E-state index in [1.54, 1.807) is 6.07 Å². The Morgan fingerprint density at radius 1 is 1.33 bits per heavy atom. The molecule has 1 aliphatic rings. The van der Waals surface area contributed by atoms with E-state index in [1.165, 1.54) is 17.3 Å². The molecule has 0 bridgehead atoms. The molecule has 1 aromatic rings. The van der Waals surface area contributed by atoms with Gasteiger partial charge in [0.15, 0.2) is 9.84 Å². The topological polar surface area (TPSA) is 67.3 Å². The zero-order valence-corrected chi connectivity index (χ0v) is 11.2. The third-order valence-electron chi connectivity index (χ3n) is 2.84. The van der Waals surface area contributed by atoms with Crippen LogP contribution in [0.25, 0.3) is 0 Å². The number of carbonyl (C=O) groups is 1. The second-order valence-corrected chi connectivity index (χ2v) is 6.86. The van der Waals surface area contributed by atoms with Crippen LogP contribution in [-0.2, 0) is 9.84 Å². The fourth-order valence-corrected chi connectivity index (χ4v) is 3.30. The Bertz CT molecular complexity index is 559. The highest BCUT2D eigenvalue weighted by molar-refractivity contribution is 7.91. The van der Waals surface area contributed by atoms with Crippen LogP contribution < -0.4 is 0 Å². The molecule has 0 radical (unpaired) electrons. The molecule has 0 N–H and O–H groups in total. The minimum Gasteiger partial charge on any atom is -0.338 e. The van der Waals surface area contributed by atoms with E-state index in [0.29, 0.717) is 23.6 Å². The van der Waals surface area contributed by atoms with E-state index in [9.17, 15) is 13.2 Å². The number of nitrogens with zero attached hydrogens (tertiary/aromatic N) is 2. The number of rotatable bonds is 1. The molecule has 18 heavy (non-hydrogen) atoms. The Balaban J connectivity index is 2.17. The first-order chi connectivity index (χ1) is 8.49. The highest BCUT2D eigenvalue weighted by Crippen LogP contribution is 2.17. The summed E-state index contributed by atoms with van der Waals surface area (Å²) in [4.78, 5) is 17.6. The molecule has 0 saturated carbocycles. The van der Waals surface area contributed by atoms with Gasteiger partial charge in [-0.1, -0.05) is 11.6 Å². The first-order valence-electron chi connectivity index (χ1n) is 5.59. The van der Waals surface area contributed by atoms with Crippen LogP contribution in [-0.4, -0.2) is 48.8 Å². The zero-order chi connectivity index (χ0) is 13.2. The summed E-state index contributed by atoms with van der Waals surface area (Å²) in [5.41, 5.74) is 0.318. The molecule has 0 aliphatic carbocycles. The van der Waals surface area contributed by atoms with Crippen molar-refractivity contribution < 1.29 is 13.2 Å². The number of halogens is 1. The van der Waals surface area contributed by atoms with Gasteiger partial charge in [0.25, 0.3) is 5.91 Å². The van der Waals surface area contributed by atoms with Gasteiger partial charge < -0.3 is 4.90 Å². The molecule has 0 aromatic carbocycles. The number of sulfone groups is 1. The van der Waals surface area contributed by atoms with Crippen LogP contribution in [0.5, 0.6) is 0 Å². The van der Waals surface area contributed by atoms with Crippen LogP contribution in [0, 0.1) is 0 Å². The van der Waals surface area contributed by atoms with Crippen LogP contribution in [0.15, 0.2) is 18.5 Å². The highest BCUT2D eigenvalue weighted by Gasteiger charge is 2.24. The Morgan fingerprint density at radius 2 is 2.11 bits per heavy atom. The SMILES string of the molecule is O=C(c1cnccc1Cl)N1CCCS(=O)(=O)CC1. The minimum absolute atomic E-state index is 0.0105. The standard InChI is InChI=1S/C11H13ClN2O3S/c12-10-2-3-13-8-9(10)11(15)14-4-1-6-18(16,17)7-5-14/h2-3,8H,1,4-7H2. The fraction of sp³-hybridized carbons (Fsp3) is 0.455. The highest BCUT2D eigenvalue weighted by atomic mass is 35.5. The van der Waals surface area contributed by atoms with Gasteiger partial charge in [0.1, 0.15) is 0 Å². The third kappa shape index (κ3) is 3.00. The van der Waals surface area contributed by atoms with Crippen molar-refractivity contribution in [2.45, 2.75) is 6.42 Å². The average Bonchev–Trinajstić information content (AvgIpc) is 2.50. The molecule has 2 heterocycles. The molecule has 98 valence electrons. The molecule has 7 heteroatoms. The maximum atomic E-state index is 12.2. The molecule has 5 nitrogen and oxygen atoms in total. The number of amides is 1. The molecule has 1 aromatic heterocycles. The van der Waals surface area contributed by atoms with E-state index < -0.39 is 9.84 Å². The van der Waals surface area contributed by atoms with E-state index in [1.807, 2.05) is 0 Å². The van der Waals surface area contributed by atoms with Gasteiger partial charge in [0.2, 0.25) is 0 Å². The third-order valence-corrected chi connectivity index (χ3v) is 4.89. The summed E-state index contributed by atoms with van der Waals surface area (Å²) < 4.78 is 22.9. The lowest BCUT2D eigenvalue weighted by Gasteiger charge is -2.19. The first kappa shape index (κ1) is 13.3. The van der Waals surface area contributed by atoms with Crippen molar-refractivity contribution in [2.75, 3.05) is 24.6 Å². The Morgan fingerprint density at radius 3 is 2.83 bits per heavy atom. The largest absolute Gasteiger partial charge is 0.338 e. The van der Waals surface area contributed by atoms with Crippen molar-refractivity contribution in [1.29, 1.82) is 0 Å². The number of hydrogen-bond acceptors (Lipinski definition) is 4. The lowest BCUT2D eigenvalue weighted by Crippen LogP contribution is -2.33. The van der Waals surface area contributed by atoms with Crippen LogP contribution in [0.4, 0.5) is 0 Å². The Labute approximate surface area is 111 Å². The van der Waals surface area contributed by atoms with E-state index in [0.717, 1.165) is 0 Å². The predicted octanol–water partition coefficient (Wildman–Crippen LogP) is 0.996. The number of pyridine rings is 1. The van der Waals surface area contributed by atoms with E-state index in [-0.39, 0.29) is 24.0 Å². The molecular weight excluding hydrogens is 276 g/mol. The summed E-state index contributed by atoms with van der Waals surface area (Å²) in [7, 11) is -3.02. The average molecular weight is 289 g/mol. The Hall–Kier alpha value is -1.14. The summed E-state index contributed by atoms with van der Waals surface area (Å²) >= 11 is 5.93. The van der Waals surface area contributed by atoms with Gasteiger partial charge in [-0.05, 0) is 12.5 Å². The van der Waals surface area contributed by atoms with Crippen LogP contribution in [0.3, 0.4) is 0 Å². The maximum absolute atomic E-state index is 12.2.